The minimum Gasteiger partial charge on any atom is -0.480 e. The Balaban J connectivity index is 1.93. The van der Waals surface area contributed by atoms with E-state index in [-0.39, 0.29) is 18.1 Å². The minimum absolute atomic E-state index is 0.0566. The fraction of sp³-hybridized carbons (Fsp3) is 0.150. The Kier molecular flexibility index (Phi) is 4.09. The van der Waals surface area contributed by atoms with Gasteiger partial charge in [-0.25, -0.2) is 27.9 Å². The highest BCUT2D eigenvalue weighted by Gasteiger charge is 2.20. The molecule has 0 radical (unpaired) electrons. The first-order valence-electron chi connectivity index (χ1n) is 10.2. The number of fused-ring (bicyclic) bond motifs is 1. The van der Waals surface area contributed by atoms with Crippen LogP contribution < -0.4 is 9.88 Å². The lowest BCUT2D eigenvalue weighted by atomic mass is 10.1. The van der Waals surface area contributed by atoms with Crippen LogP contribution in [0.2, 0.25) is 0 Å². The summed E-state index contributed by atoms with van der Waals surface area (Å²) in [5.41, 5.74) is 1.83. The Morgan fingerprint density at radius 1 is 1.23 bits per heavy atom. The van der Waals surface area contributed by atoms with Crippen molar-refractivity contribution in [2.75, 3.05) is 7.04 Å². The van der Waals surface area contributed by atoms with Gasteiger partial charge in [0.25, 0.3) is 0 Å². The van der Waals surface area contributed by atoms with E-state index in [1.807, 2.05) is 0 Å². The maximum absolute atomic E-state index is 14.7. The topological polar surface area (TPSA) is 113 Å². The van der Waals surface area contributed by atoms with Gasteiger partial charge in [0, 0.05) is 6.20 Å². The molecule has 4 rings (SSSR count). The van der Waals surface area contributed by atoms with Gasteiger partial charge in [-0.05, 0) is 18.6 Å². The van der Waals surface area contributed by atoms with Crippen molar-refractivity contribution in [3.8, 4) is 17.0 Å². The van der Waals surface area contributed by atoms with Crippen LogP contribution in [-0.4, -0.2) is 35.0 Å². The quantitative estimate of drug-likeness (QED) is 0.521. The number of rotatable bonds is 5. The molecule has 0 atom stereocenters. The van der Waals surface area contributed by atoms with Crippen LogP contribution in [0.15, 0.2) is 53.7 Å². The molecule has 0 fully saturated rings. The second-order valence-electron chi connectivity index (χ2n) is 6.53. The predicted molar refractivity (Wildman–Crippen MR) is 109 cm³/mol. The molecule has 0 saturated heterocycles. The number of nitrogens with zero attached hydrogens (tertiary/aromatic N) is 4. The third-order valence-electron chi connectivity index (χ3n) is 4.63. The van der Waals surface area contributed by atoms with Gasteiger partial charge >= 0.3 is 0 Å². The van der Waals surface area contributed by atoms with Crippen molar-refractivity contribution in [3.05, 3.63) is 66.1 Å². The van der Waals surface area contributed by atoms with Gasteiger partial charge in [0.05, 0.1) is 40.7 Å². The molecule has 0 unspecified atom stereocenters. The van der Waals surface area contributed by atoms with Gasteiger partial charge < -0.3 is 9.30 Å². The van der Waals surface area contributed by atoms with Crippen LogP contribution in [0.5, 0.6) is 5.88 Å². The second-order valence-corrected chi connectivity index (χ2v) is 8.09. The first kappa shape index (κ1) is 16.4. The first-order chi connectivity index (χ1) is 15.4. The van der Waals surface area contributed by atoms with Crippen molar-refractivity contribution in [2.45, 2.75) is 18.4 Å². The molecular formula is C20H18FN5O3S. The molecule has 0 amide bonds. The summed E-state index contributed by atoms with van der Waals surface area (Å²) < 4.78 is 67.0. The Morgan fingerprint density at radius 3 is 2.67 bits per heavy atom. The molecule has 8 nitrogen and oxygen atoms in total. The summed E-state index contributed by atoms with van der Waals surface area (Å²) in [6.07, 6.45) is 2.35. The average Bonchev–Trinajstić information content (AvgIpc) is 3.03. The van der Waals surface area contributed by atoms with Gasteiger partial charge in [-0.2, -0.15) is 0 Å². The highest BCUT2D eigenvalue weighted by atomic mass is 32.2. The van der Waals surface area contributed by atoms with E-state index in [4.69, 9.17) is 14.0 Å². The summed E-state index contributed by atoms with van der Waals surface area (Å²) in [5.74, 6) is -0.517. The molecule has 1 aromatic carbocycles. The first-order valence-corrected chi connectivity index (χ1v) is 10.3. The van der Waals surface area contributed by atoms with Crippen molar-refractivity contribution in [2.24, 2.45) is 5.14 Å². The van der Waals surface area contributed by atoms with E-state index in [1.165, 1.54) is 6.20 Å². The molecule has 0 aliphatic carbocycles. The van der Waals surface area contributed by atoms with E-state index < -0.39 is 27.8 Å². The number of primary sulfonamides is 1. The summed E-state index contributed by atoms with van der Waals surface area (Å²) in [5, 5.41) is 5.05. The van der Waals surface area contributed by atoms with Gasteiger partial charge in [0.2, 0.25) is 15.9 Å². The molecule has 0 saturated carbocycles. The molecule has 10 heteroatoms. The number of aryl methyl sites for hydroxylation is 1. The number of hydrogen-bond donors (Lipinski definition) is 1. The number of benzene rings is 1. The Morgan fingerprint density at radius 2 is 2.00 bits per heavy atom. The summed E-state index contributed by atoms with van der Waals surface area (Å²) in [4.78, 5) is 12.1. The van der Waals surface area contributed by atoms with Gasteiger partial charge in [-0.3, -0.25) is 4.98 Å². The zero-order valence-electron chi connectivity index (χ0n) is 18.7. The minimum atomic E-state index is -4.11. The largest absolute Gasteiger partial charge is 0.480 e. The number of aromatic nitrogens is 4. The van der Waals surface area contributed by atoms with Crippen LogP contribution in [-0.2, 0) is 16.6 Å². The van der Waals surface area contributed by atoms with Crippen molar-refractivity contribution >= 4 is 21.1 Å². The summed E-state index contributed by atoms with van der Waals surface area (Å²) >= 11 is 0. The zero-order valence-corrected chi connectivity index (χ0v) is 16.5. The van der Waals surface area contributed by atoms with E-state index in [2.05, 4.69) is 15.0 Å². The van der Waals surface area contributed by atoms with Crippen LogP contribution >= 0.6 is 0 Å². The van der Waals surface area contributed by atoms with Gasteiger partial charge in [-0.15, -0.1) is 0 Å². The number of ether oxygens (including phenoxy) is 1. The Labute approximate surface area is 176 Å². The molecule has 2 N–H and O–H groups in total. The third kappa shape index (κ3) is 3.51. The van der Waals surface area contributed by atoms with Crippen molar-refractivity contribution in [1.82, 2.24) is 19.5 Å². The normalized spacial score (nSPS) is 13.6. The van der Waals surface area contributed by atoms with Crippen LogP contribution in [0.4, 0.5) is 4.39 Å². The van der Waals surface area contributed by atoms with E-state index in [1.54, 1.807) is 41.8 Å². The van der Waals surface area contributed by atoms with Crippen molar-refractivity contribution in [1.29, 1.82) is 0 Å². The highest BCUT2D eigenvalue weighted by molar-refractivity contribution is 7.89. The number of sulfonamides is 1. The molecular weight excluding hydrogens is 409 g/mol. The summed E-state index contributed by atoms with van der Waals surface area (Å²) in [7, 11) is -6.86. The zero-order chi connectivity index (χ0) is 24.0. The lowest BCUT2D eigenvalue weighted by Crippen LogP contribution is -2.14. The summed E-state index contributed by atoms with van der Waals surface area (Å²) in [6.45, 7) is 1.58. The molecule has 154 valence electrons. The lowest BCUT2D eigenvalue weighted by molar-refractivity contribution is 0.400. The Bertz CT molecular complexity index is 1460. The number of halogens is 1. The predicted octanol–water partition coefficient (Wildman–Crippen LogP) is 2.65. The monoisotopic (exact) mass is 430 g/mol. The fourth-order valence-electron chi connectivity index (χ4n) is 3.23. The van der Waals surface area contributed by atoms with Crippen LogP contribution in [0.3, 0.4) is 0 Å². The highest BCUT2D eigenvalue weighted by Crippen LogP contribution is 2.36. The van der Waals surface area contributed by atoms with Crippen LogP contribution in [0.25, 0.3) is 22.2 Å². The number of hydrogen-bond acceptors (Lipinski definition) is 6. The van der Waals surface area contributed by atoms with Crippen molar-refractivity contribution in [3.63, 3.8) is 0 Å². The fourth-order valence-corrected chi connectivity index (χ4v) is 3.70. The number of nitrogens with two attached hydrogens (primary N) is 1. The lowest BCUT2D eigenvalue weighted by Gasteiger charge is -2.13. The van der Waals surface area contributed by atoms with E-state index >= 15 is 0 Å². The van der Waals surface area contributed by atoms with E-state index in [9.17, 15) is 12.8 Å². The van der Waals surface area contributed by atoms with Crippen molar-refractivity contribution < 1.29 is 21.7 Å². The molecule has 3 aromatic heterocycles. The molecule has 4 aromatic rings. The van der Waals surface area contributed by atoms with Gasteiger partial charge in [-0.1, -0.05) is 30.3 Å². The molecule has 0 aliphatic heterocycles. The molecule has 3 heterocycles. The third-order valence-corrected chi connectivity index (χ3v) is 5.51. The smallest absolute Gasteiger partial charge is 0.239 e. The maximum Gasteiger partial charge on any atom is 0.239 e. The van der Waals surface area contributed by atoms with E-state index in [0.29, 0.717) is 28.0 Å². The summed E-state index contributed by atoms with van der Waals surface area (Å²) in [6, 6.07) is 9.66. The second kappa shape index (κ2) is 7.47. The molecule has 0 spiro atoms. The maximum atomic E-state index is 14.7. The molecule has 30 heavy (non-hydrogen) atoms. The number of methoxy groups -OCH3 is 1. The number of imidazole rings is 1. The standard InChI is InChI=1S/C20H18FN5O3S/c1-12-25-16-10-24-20(29-2)18(13-6-4-3-5-7-13)19(16)26(12)11-17-15(21)8-14(9-23-17)30(22,27)28/h3-10H,11H2,1-2H3,(H2,22,27,28)/i2D3. The molecule has 0 bridgehead atoms. The van der Waals surface area contributed by atoms with Gasteiger partial charge in [0.1, 0.15) is 22.1 Å². The van der Waals surface area contributed by atoms with Crippen LogP contribution in [0.1, 0.15) is 15.6 Å². The van der Waals surface area contributed by atoms with Gasteiger partial charge in [0.15, 0.2) is 0 Å². The van der Waals surface area contributed by atoms with Crippen LogP contribution in [0, 0.1) is 12.7 Å². The van der Waals surface area contributed by atoms with E-state index in [0.717, 1.165) is 12.3 Å². The molecule has 0 aliphatic rings. The Hall–Kier alpha value is -3.37. The average molecular weight is 430 g/mol. The SMILES string of the molecule is [2H]C([2H])([2H])Oc1ncc2nc(C)n(Cc3ncc(S(N)(=O)=O)cc3F)c2c1-c1ccccc1. The number of pyridine rings is 2.